The maximum Gasteiger partial charge on any atom is 0.341 e. The van der Waals surface area contributed by atoms with Crippen LogP contribution in [0.1, 0.15) is 47.3 Å². The molecule has 0 spiro atoms. The molecule has 2 aromatic carbocycles. The molecule has 2 heterocycles. The van der Waals surface area contributed by atoms with Crippen molar-refractivity contribution in [2.45, 2.75) is 32.2 Å². The van der Waals surface area contributed by atoms with Crippen molar-refractivity contribution >= 4 is 11.7 Å². The Morgan fingerprint density at radius 2 is 1.86 bits per heavy atom. The molecular weight excluding hydrogens is 364 g/mol. The lowest BCUT2D eigenvalue weighted by molar-refractivity contribution is 0.0695. The van der Waals surface area contributed by atoms with E-state index in [1.807, 2.05) is 25.1 Å². The second-order valence-corrected chi connectivity index (χ2v) is 7.38. The Morgan fingerprint density at radius 1 is 1.14 bits per heavy atom. The fraction of sp³-hybridized carbons (Fsp3) is 0.250. The van der Waals surface area contributed by atoms with Crippen molar-refractivity contribution in [3.63, 3.8) is 0 Å². The van der Waals surface area contributed by atoms with E-state index in [-0.39, 0.29) is 5.56 Å². The number of pyridine rings is 1. The van der Waals surface area contributed by atoms with Crippen molar-refractivity contribution in [3.8, 4) is 11.3 Å². The number of anilines is 1. The number of carboxylic acid groups (broad SMARTS) is 1. The molecule has 2 N–H and O–H groups in total. The molecule has 0 saturated carbocycles. The summed E-state index contributed by atoms with van der Waals surface area (Å²) in [5.74, 6) is -1.20. The highest BCUT2D eigenvalue weighted by molar-refractivity contribution is 5.88. The van der Waals surface area contributed by atoms with Crippen molar-refractivity contribution in [3.05, 3.63) is 87.7 Å². The summed E-state index contributed by atoms with van der Waals surface area (Å²) in [6.45, 7) is 2.97. The number of nitrogens with one attached hydrogen (secondary N) is 1. The number of benzene rings is 2. The molecule has 4 rings (SSSR count). The molecule has 5 heteroatoms. The molecule has 1 aliphatic rings. The van der Waals surface area contributed by atoms with Crippen LogP contribution in [0, 0.1) is 0 Å². The summed E-state index contributed by atoms with van der Waals surface area (Å²) in [5, 5.41) is 9.20. The summed E-state index contributed by atoms with van der Waals surface area (Å²) in [6.07, 6.45) is 2.93. The number of nitrogens with zero attached hydrogens (tertiary/aromatic N) is 1. The molecule has 5 nitrogen and oxygen atoms in total. The van der Waals surface area contributed by atoms with Gasteiger partial charge in [-0.1, -0.05) is 49.4 Å². The summed E-state index contributed by atoms with van der Waals surface area (Å²) in [5.41, 5.74) is 4.09. The second-order valence-electron chi connectivity index (χ2n) is 7.38. The van der Waals surface area contributed by atoms with Crippen molar-refractivity contribution < 1.29 is 9.90 Å². The molecule has 148 valence electrons. The van der Waals surface area contributed by atoms with Gasteiger partial charge in [0.25, 0.3) is 5.56 Å². The monoisotopic (exact) mass is 388 g/mol. The number of rotatable bonds is 5. The van der Waals surface area contributed by atoms with Gasteiger partial charge in [-0.2, -0.15) is 0 Å². The summed E-state index contributed by atoms with van der Waals surface area (Å²) in [7, 11) is 0. The van der Waals surface area contributed by atoms with Crippen LogP contribution in [0.5, 0.6) is 0 Å². The van der Waals surface area contributed by atoms with Gasteiger partial charge in [0.05, 0.1) is 11.7 Å². The van der Waals surface area contributed by atoms with E-state index < -0.39 is 11.5 Å². The van der Waals surface area contributed by atoms with Crippen LogP contribution in [0.25, 0.3) is 11.3 Å². The SMILES string of the molecule is CCc1cc(C(=O)O)c(=O)[nH]c1-c1ccc(N2CCCC2c2ccccc2)cc1. The van der Waals surface area contributed by atoms with E-state index in [9.17, 15) is 14.7 Å². The van der Waals surface area contributed by atoms with Crippen molar-refractivity contribution in [1.29, 1.82) is 0 Å². The van der Waals surface area contributed by atoms with Crippen LogP contribution >= 0.6 is 0 Å². The second kappa shape index (κ2) is 7.95. The number of aryl methyl sites for hydroxylation is 1. The molecule has 0 aliphatic carbocycles. The molecule has 0 bridgehead atoms. The minimum Gasteiger partial charge on any atom is -0.477 e. The van der Waals surface area contributed by atoms with Crippen LogP contribution < -0.4 is 10.5 Å². The Morgan fingerprint density at radius 3 is 2.52 bits per heavy atom. The summed E-state index contributed by atoms with van der Waals surface area (Å²) < 4.78 is 0. The normalized spacial score (nSPS) is 16.2. The zero-order valence-corrected chi connectivity index (χ0v) is 16.4. The van der Waals surface area contributed by atoms with Gasteiger partial charge < -0.3 is 15.0 Å². The first-order valence-corrected chi connectivity index (χ1v) is 10.00. The molecule has 0 radical (unpaired) electrons. The number of hydrogen-bond acceptors (Lipinski definition) is 3. The minimum atomic E-state index is -1.20. The fourth-order valence-electron chi connectivity index (χ4n) is 4.19. The third-order valence-corrected chi connectivity index (χ3v) is 5.66. The number of hydrogen-bond donors (Lipinski definition) is 2. The third-order valence-electron chi connectivity index (χ3n) is 5.66. The maximum absolute atomic E-state index is 12.2. The van der Waals surface area contributed by atoms with Gasteiger partial charge in [-0.15, -0.1) is 0 Å². The van der Waals surface area contributed by atoms with Gasteiger partial charge in [-0.25, -0.2) is 4.79 Å². The summed E-state index contributed by atoms with van der Waals surface area (Å²) >= 11 is 0. The van der Waals surface area contributed by atoms with Crippen LogP contribution in [-0.4, -0.2) is 22.6 Å². The van der Waals surface area contributed by atoms with Gasteiger partial charge in [0.1, 0.15) is 5.56 Å². The lowest BCUT2D eigenvalue weighted by Crippen LogP contribution is -2.22. The van der Waals surface area contributed by atoms with Crippen LogP contribution in [0.2, 0.25) is 0 Å². The molecular formula is C24H24N2O3. The molecule has 29 heavy (non-hydrogen) atoms. The Bertz CT molecular complexity index is 1070. The molecule has 3 aromatic rings. The zero-order chi connectivity index (χ0) is 20.4. The van der Waals surface area contributed by atoms with Gasteiger partial charge in [0.15, 0.2) is 0 Å². The van der Waals surface area contributed by atoms with Gasteiger partial charge in [0, 0.05) is 12.2 Å². The predicted molar refractivity (Wildman–Crippen MR) is 115 cm³/mol. The van der Waals surface area contributed by atoms with Crippen molar-refractivity contribution in [1.82, 2.24) is 4.98 Å². The number of aromatic carboxylic acids is 1. The Balaban J connectivity index is 1.66. The highest BCUT2D eigenvalue weighted by Gasteiger charge is 2.26. The predicted octanol–water partition coefficient (Wildman–Crippen LogP) is 4.64. The first kappa shape index (κ1) is 19.0. The Labute approximate surface area is 169 Å². The zero-order valence-electron chi connectivity index (χ0n) is 16.4. The smallest absolute Gasteiger partial charge is 0.341 e. The highest BCUT2D eigenvalue weighted by Crippen LogP contribution is 2.36. The minimum absolute atomic E-state index is 0.218. The molecule has 1 unspecified atom stereocenters. The molecule has 1 atom stereocenters. The van der Waals surface area contributed by atoms with Crippen LogP contribution in [0.15, 0.2) is 65.5 Å². The maximum atomic E-state index is 12.2. The number of aromatic nitrogens is 1. The highest BCUT2D eigenvalue weighted by atomic mass is 16.4. The standard InChI is InChI=1S/C24H24N2O3/c1-2-16-15-20(24(28)29)23(27)25-22(16)18-10-12-19(13-11-18)26-14-6-9-21(26)17-7-4-3-5-8-17/h3-5,7-8,10-13,15,21H,2,6,9,14H2,1H3,(H,25,27)(H,28,29). The van der Waals surface area contributed by atoms with Gasteiger partial charge >= 0.3 is 5.97 Å². The molecule has 1 saturated heterocycles. The van der Waals surface area contributed by atoms with E-state index in [1.165, 1.54) is 11.6 Å². The number of carboxylic acids is 1. The Hall–Kier alpha value is -3.34. The van der Waals surface area contributed by atoms with Crippen LogP contribution in [0.4, 0.5) is 5.69 Å². The lowest BCUT2D eigenvalue weighted by atomic mass is 10.0. The Kier molecular flexibility index (Phi) is 5.21. The van der Waals surface area contributed by atoms with Crippen molar-refractivity contribution in [2.75, 3.05) is 11.4 Å². The van der Waals surface area contributed by atoms with E-state index in [0.29, 0.717) is 18.2 Å². The number of carbonyl (C=O) groups is 1. The van der Waals surface area contributed by atoms with Crippen LogP contribution in [-0.2, 0) is 6.42 Å². The first-order valence-electron chi connectivity index (χ1n) is 10.00. The van der Waals surface area contributed by atoms with Crippen LogP contribution in [0.3, 0.4) is 0 Å². The van der Waals surface area contributed by atoms with E-state index in [0.717, 1.165) is 36.2 Å². The average Bonchev–Trinajstić information content (AvgIpc) is 3.24. The summed E-state index contributed by atoms with van der Waals surface area (Å²) in [6, 6.07) is 20.6. The van der Waals surface area contributed by atoms with Gasteiger partial charge in [-0.05, 0) is 54.2 Å². The topological polar surface area (TPSA) is 73.4 Å². The quantitative estimate of drug-likeness (QED) is 0.668. The number of H-pyrrole nitrogens is 1. The van der Waals surface area contributed by atoms with Gasteiger partial charge in [0.2, 0.25) is 0 Å². The average molecular weight is 388 g/mol. The summed E-state index contributed by atoms with van der Waals surface area (Å²) in [4.78, 5) is 28.6. The largest absolute Gasteiger partial charge is 0.477 e. The lowest BCUT2D eigenvalue weighted by Gasteiger charge is -2.27. The molecule has 1 aliphatic heterocycles. The van der Waals surface area contributed by atoms with E-state index in [2.05, 4.69) is 46.3 Å². The van der Waals surface area contributed by atoms with Gasteiger partial charge in [-0.3, -0.25) is 4.79 Å². The van der Waals surface area contributed by atoms with E-state index in [1.54, 1.807) is 0 Å². The molecule has 1 aromatic heterocycles. The third kappa shape index (κ3) is 3.68. The van der Waals surface area contributed by atoms with E-state index >= 15 is 0 Å². The number of aromatic amines is 1. The van der Waals surface area contributed by atoms with E-state index in [4.69, 9.17) is 0 Å². The fourth-order valence-corrected chi connectivity index (χ4v) is 4.19. The first-order chi connectivity index (χ1) is 14.1. The molecule has 1 fully saturated rings. The molecule has 0 amide bonds. The van der Waals surface area contributed by atoms with Crippen molar-refractivity contribution in [2.24, 2.45) is 0 Å².